The third-order valence-corrected chi connectivity index (χ3v) is 6.78. The van der Waals surface area contributed by atoms with Crippen molar-refractivity contribution in [2.75, 3.05) is 38.2 Å². The zero-order valence-corrected chi connectivity index (χ0v) is 17.7. The molecular weight excluding hydrogens is 392 g/mol. The zero-order chi connectivity index (χ0) is 21.0. The molecule has 1 amide bonds. The van der Waals surface area contributed by atoms with Crippen molar-refractivity contribution in [1.29, 1.82) is 0 Å². The Balaban J connectivity index is 1.60. The number of morpholine rings is 1. The van der Waals surface area contributed by atoms with E-state index in [9.17, 15) is 13.2 Å². The minimum atomic E-state index is -3.55. The second-order valence-electron chi connectivity index (χ2n) is 7.08. The Morgan fingerprint density at radius 2 is 1.76 bits per heavy atom. The summed E-state index contributed by atoms with van der Waals surface area (Å²) in [7, 11) is -3.55. The number of ether oxygens (including phenoxy) is 2. The van der Waals surface area contributed by atoms with Crippen LogP contribution in [-0.2, 0) is 19.6 Å². The first-order valence-electron chi connectivity index (χ1n) is 9.46. The standard InChI is InChI=1S/C21H26N2O5S/c1-15-12-16(2)17(3)20(13-15)28-14-21(24)22-18-4-6-19(7-5-18)29(25,26)23-8-10-27-11-9-23/h4-7,12-13H,8-11,14H2,1-3H3,(H,22,24). The number of sulfonamides is 1. The second kappa shape index (κ2) is 8.94. The van der Waals surface area contributed by atoms with Crippen molar-refractivity contribution in [2.45, 2.75) is 25.7 Å². The number of aryl methyl sites for hydroxylation is 2. The van der Waals surface area contributed by atoms with Crippen LogP contribution in [0.2, 0.25) is 0 Å². The predicted molar refractivity (Wildman–Crippen MR) is 111 cm³/mol. The highest BCUT2D eigenvalue weighted by atomic mass is 32.2. The van der Waals surface area contributed by atoms with Gasteiger partial charge in [-0.1, -0.05) is 6.07 Å². The van der Waals surface area contributed by atoms with Gasteiger partial charge in [-0.2, -0.15) is 4.31 Å². The fourth-order valence-corrected chi connectivity index (χ4v) is 4.55. The molecule has 1 aliphatic heterocycles. The number of hydrogen-bond donors (Lipinski definition) is 1. The molecule has 1 fully saturated rings. The Morgan fingerprint density at radius 1 is 1.10 bits per heavy atom. The van der Waals surface area contributed by atoms with Gasteiger partial charge in [0, 0.05) is 18.8 Å². The Labute approximate surface area is 171 Å². The molecule has 1 saturated heterocycles. The summed E-state index contributed by atoms with van der Waals surface area (Å²) in [6.07, 6.45) is 0. The minimum absolute atomic E-state index is 0.127. The van der Waals surface area contributed by atoms with Crippen molar-refractivity contribution in [3.8, 4) is 5.75 Å². The monoisotopic (exact) mass is 418 g/mol. The van der Waals surface area contributed by atoms with Gasteiger partial charge >= 0.3 is 0 Å². The Kier molecular flexibility index (Phi) is 6.56. The van der Waals surface area contributed by atoms with Gasteiger partial charge in [-0.15, -0.1) is 0 Å². The number of benzene rings is 2. The SMILES string of the molecule is Cc1cc(C)c(C)c(OCC(=O)Nc2ccc(S(=O)(=O)N3CCOCC3)cc2)c1. The highest BCUT2D eigenvalue weighted by molar-refractivity contribution is 7.89. The molecule has 2 aromatic carbocycles. The molecule has 1 heterocycles. The summed E-state index contributed by atoms with van der Waals surface area (Å²) in [5.74, 6) is 0.372. The van der Waals surface area contributed by atoms with Gasteiger partial charge in [0.05, 0.1) is 18.1 Å². The fraction of sp³-hybridized carbons (Fsp3) is 0.381. The molecule has 0 bridgehead atoms. The fourth-order valence-electron chi connectivity index (χ4n) is 3.14. The lowest BCUT2D eigenvalue weighted by Crippen LogP contribution is -2.40. The molecule has 0 aliphatic carbocycles. The summed E-state index contributed by atoms with van der Waals surface area (Å²) in [6.45, 7) is 7.29. The molecule has 1 aliphatic rings. The first kappa shape index (κ1) is 21.3. The van der Waals surface area contributed by atoms with E-state index in [1.165, 1.54) is 16.4 Å². The van der Waals surface area contributed by atoms with Crippen LogP contribution >= 0.6 is 0 Å². The summed E-state index contributed by atoms with van der Waals surface area (Å²) >= 11 is 0. The lowest BCUT2D eigenvalue weighted by Gasteiger charge is -2.26. The van der Waals surface area contributed by atoms with Gasteiger partial charge in [-0.3, -0.25) is 4.79 Å². The average Bonchev–Trinajstić information content (AvgIpc) is 2.70. The van der Waals surface area contributed by atoms with E-state index in [0.717, 1.165) is 16.7 Å². The minimum Gasteiger partial charge on any atom is -0.483 e. The number of carbonyl (C=O) groups is 1. The van der Waals surface area contributed by atoms with Crippen LogP contribution in [0, 0.1) is 20.8 Å². The van der Waals surface area contributed by atoms with E-state index >= 15 is 0 Å². The average molecular weight is 419 g/mol. The number of carbonyl (C=O) groups excluding carboxylic acids is 1. The van der Waals surface area contributed by atoms with Crippen molar-refractivity contribution in [2.24, 2.45) is 0 Å². The number of nitrogens with zero attached hydrogens (tertiary/aromatic N) is 1. The molecule has 0 aromatic heterocycles. The maximum atomic E-state index is 12.6. The van der Waals surface area contributed by atoms with Gasteiger partial charge in [0.2, 0.25) is 10.0 Å². The Bertz CT molecular complexity index is 981. The van der Waals surface area contributed by atoms with Crippen LogP contribution in [0.5, 0.6) is 5.75 Å². The van der Waals surface area contributed by atoms with Crippen molar-refractivity contribution < 1.29 is 22.7 Å². The summed E-state index contributed by atoms with van der Waals surface area (Å²) in [5.41, 5.74) is 3.69. The molecular formula is C21H26N2O5S. The van der Waals surface area contributed by atoms with E-state index < -0.39 is 10.0 Å². The second-order valence-corrected chi connectivity index (χ2v) is 9.02. The van der Waals surface area contributed by atoms with Crippen LogP contribution in [0.15, 0.2) is 41.3 Å². The van der Waals surface area contributed by atoms with Crippen LogP contribution in [0.1, 0.15) is 16.7 Å². The van der Waals surface area contributed by atoms with Gasteiger partial charge in [-0.25, -0.2) is 8.42 Å². The molecule has 3 rings (SSSR count). The van der Waals surface area contributed by atoms with Crippen molar-refractivity contribution in [3.05, 3.63) is 53.1 Å². The lowest BCUT2D eigenvalue weighted by atomic mass is 10.1. The maximum Gasteiger partial charge on any atom is 0.262 e. The van der Waals surface area contributed by atoms with Gasteiger partial charge in [0.15, 0.2) is 6.61 Å². The van der Waals surface area contributed by atoms with Crippen LogP contribution in [0.25, 0.3) is 0 Å². The summed E-state index contributed by atoms with van der Waals surface area (Å²) < 4.78 is 37.5. The van der Waals surface area contributed by atoms with Gasteiger partial charge in [0.25, 0.3) is 5.91 Å². The molecule has 8 heteroatoms. The number of anilines is 1. The van der Waals surface area contributed by atoms with E-state index in [1.54, 1.807) is 12.1 Å². The van der Waals surface area contributed by atoms with Crippen LogP contribution in [-0.4, -0.2) is 51.5 Å². The highest BCUT2D eigenvalue weighted by Crippen LogP contribution is 2.23. The molecule has 0 radical (unpaired) electrons. The van der Waals surface area contributed by atoms with Crippen LogP contribution in [0.4, 0.5) is 5.69 Å². The van der Waals surface area contributed by atoms with Gasteiger partial charge < -0.3 is 14.8 Å². The molecule has 0 atom stereocenters. The first-order valence-corrected chi connectivity index (χ1v) is 10.9. The number of nitrogens with one attached hydrogen (secondary N) is 1. The quantitative estimate of drug-likeness (QED) is 0.780. The van der Waals surface area contributed by atoms with Gasteiger partial charge in [-0.05, 0) is 67.8 Å². The summed E-state index contributed by atoms with van der Waals surface area (Å²) in [4.78, 5) is 12.4. The van der Waals surface area contributed by atoms with Crippen molar-refractivity contribution in [3.63, 3.8) is 0 Å². The Morgan fingerprint density at radius 3 is 2.41 bits per heavy atom. The van der Waals surface area contributed by atoms with E-state index in [4.69, 9.17) is 9.47 Å². The third-order valence-electron chi connectivity index (χ3n) is 4.87. The predicted octanol–water partition coefficient (Wildman–Crippen LogP) is 2.65. The third kappa shape index (κ3) is 5.14. The first-order chi connectivity index (χ1) is 13.8. The molecule has 1 N–H and O–H groups in total. The maximum absolute atomic E-state index is 12.6. The zero-order valence-electron chi connectivity index (χ0n) is 16.9. The van der Waals surface area contributed by atoms with E-state index in [0.29, 0.717) is 37.7 Å². The van der Waals surface area contributed by atoms with E-state index in [1.807, 2.05) is 26.8 Å². The van der Waals surface area contributed by atoms with Crippen molar-refractivity contribution in [1.82, 2.24) is 4.31 Å². The van der Waals surface area contributed by atoms with Crippen LogP contribution in [0.3, 0.4) is 0 Å². The largest absolute Gasteiger partial charge is 0.483 e. The molecule has 0 spiro atoms. The molecule has 2 aromatic rings. The smallest absolute Gasteiger partial charge is 0.262 e. The van der Waals surface area contributed by atoms with E-state index in [2.05, 4.69) is 11.4 Å². The molecule has 0 saturated carbocycles. The normalized spacial score (nSPS) is 15.1. The number of amides is 1. The number of rotatable bonds is 6. The van der Waals surface area contributed by atoms with Gasteiger partial charge in [0.1, 0.15) is 5.75 Å². The van der Waals surface area contributed by atoms with Crippen molar-refractivity contribution >= 4 is 21.6 Å². The topological polar surface area (TPSA) is 84.9 Å². The summed E-state index contributed by atoms with van der Waals surface area (Å²) in [5, 5.41) is 2.73. The molecule has 7 nitrogen and oxygen atoms in total. The number of hydrogen-bond acceptors (Lipinski definition) is 5. The summed E-state index contributed by atoms with van der Waals surface area (Å²) in [6, 6.07) is 10.1. The van der Waals surface area contributed by atoms with Crippen LogP contribution < -0.4 is 10.1 Å². The highest BCUT2D eigenvalue weighted by Gasteiger charge is 2.26. The Hall–Kier alpha value is -2.42. The molecule has 29 heavy (non-hydrogen) atoms. The lowest BCUT2D eigenvalue weighted by molar-refractivity contribution is -0.118. The molecule has 0 unspecified atom stereocenters. The molecule has 156 valence electrons. The van der Waals surface area contributed by atoms with E-state index in [-0.39, 0.29) is 17.4 Å².